The van der Waals surface area contributed by atoms with Crippen molar-refractivity contribution in [3.63, 3.8) is 0 Å². The van der Waals surface area contributed by atoms with Crippen LogP contribution in [-0.4, -0.2) is 36.2 Å². The van der Waals surface area contributed by atoms with Gasteiger partial charge in [0.1, 0.15) is 0 Å². The van der Waals surface area contributed by atoms with Crippen LogP contribution in [0, 0.1) is 0 Å². The highest BCUT2D eigenvalue weighted by molar-refractivity contribution is 6.31. The van der Waals surface area contributed by atoms with Gasteiger partial charge >= 0.3 is 0 Å². The largest absolute Gasteiger partial charge is 0.395 e. The van der Waals surface area contributed by atoms with Crippen molar-refractivity contribution in [1.29, 1.82) is 0 Å². The molecule has 0 radical (unpaired) electrons. The third-order valence-electron chi connectivity index (χ3n) is 2.94. The van der Waals surface area contributed by atoms with Gasteiger partial charge in [0.25, 0.3) is 0 Å². The first kappa shape index (κ1) is 13.5. The normalized spacial score (nSPS) is 15.1. The number of rotatable bonds is 5. The Hall–Kier alpha value is -0.610. The fourth-order valence-corrected chi connectivity index (χ4v) is 1.96. The molecular weight excluding hydrogens is 224 g/mol. The first-order chi connectivity index (χ1) is 7.61. The molecule has 2 atom stereocenters. The minimum atomic E-state index is 0.0378. The molecule has 16 heavy (non-hydrogen) atoms. The van der Waals surface area contributed by atoms with E-state index >= 15 is 0 Å². The van der Waals surface area contributed by atoms with Gasteiger partial charge in [0, 0.05) is 23.7 Å². The zero-order valence-corrected chi connectivity index (χ0v) is 10.5. The Bertz CT molecular complexity index is 333. The van der Waals surface area contributed by atoms with Crippen molar-refractivity contribution in [3.8, 4) is 0 Å². The van der Waals surface area contributed by atoms with E-state index in [0.717, 1.165) is 10.6 Å². The van der Waals surface area contributed by atoms with E-state index in [1.165, 1.54) is 0 Å². The molecule has 0 aliphatic rings. The van der Waals surface area contributed by atoms with Gasteiger partial charge in [0.05, 0.1) is 6.61 Å². The van der Waals surface area contributed by atoms with Gasteiger partial charge in [-0.3, -0.25) is 4.90 Å². The lowest BCUT2D eigenvalue weighted by atomic mass is 10.0. The van der Waals surface area contributed by atoms with Gasteiger partial charge in [0.15, 0.2) is 0 Å². The zero-order valence-electron chi connectivity index (χ0n) is 9.73. The average molecular weight is 243 g/mol. The van der Waals surface area contributed by atoms with Crippen molar-refractivity contribution in [2.45, 2.75) is 19.0 Å². The van der Waals surface area contributed by atoms with Crippen LogP contribution < -0.4 is 5.73 Å². The number of halogens is 1. The molecule has 0 bridgehead atoms. The Morgan fingerprint density at radius 2 is 2.06 bits per heavy atom. The van der Waals surface area contributed by atoms with E-state index in [-0.39, 0.29) is 18.7 Å². The molecule has 1 aromatic carbocycles. The van der Waals surface area contributed by atoms with Gasteiger partial charge in [0.2, 0.25) is 0 Å². The van der Waals surface area contributed by atoms with Crippen molar-refractivity contribution in [3.05, 3.63) is 34.9 Å². The quantitative estimate of drug-likeness (QED) is 0.826. The Morgan fingerprint density at radius 1 is 1.44 bits per heavy atom. The van der Waals surface area contributed by atoms with Crippen LogP contribution in [0.5, 0.6) is 0 Å². The fourth-order valence-electron chi connectivity index (χ4n) is 1.69. The maximum absolute atomic E-state index is 9.15. The van der Waals surface area contributed by atoms with Crippen molar-refractivity contribution in [1.82, 2.24) is 4.90 Å². The van der Waals surface area contributed by atoms with E-state index < -0.39 is 0 Å². The van der Waals surface area contributed by atoms with E-state index in [2.05, 4.69) is 0 Å². The summed E-state index contributed by atoms with van der Waals surface area (Å²) in [6.07, 6.45) is 0. The Kier molecular flexibility index (Phi) is 5.22. The van der Waals surface area contributed by atoms with Crippen LogP contribution in [-0.2, 0) is 0 Å². The third-order valence-corrected chi connectivity index (χ3v) is 3.28. The fraction of sp³-hybridized carbons (Fsp3) is 0.500. The molecule has 2 unspecified atom stereocenters. The SMILES string of the molecule is CC(CO)N(C)C(CN)c1ccccc1Cl. The number of aliphatic hydroxyl groups excluding tert-OH is 1. The lowest BCUT2D eigenvalue weighted by Crippen LogP contribution is -2.39. The smallest absolute Gasteiger partial charge is 0.0584 e. The van der Waals surface area contributed by atoms with Gasteiger partial charge in [-0.2, -0.15) is 0 Å². The van der Waals surface area contributed by atoms with Crippen LogP contribution in [0.25, 0.3) is 0 Å². The summed E-state index contributed by atoms with van der Waals surface area (Å²) in [5.74, 6) is 0. The number of nitrogens with two attached hydrogens (primary N) is 1. The summed E-state index contributed by atoms with van der Waals surface area (Å²) in [4.78, 5) is 2.04. The van der Waals surface area contributed by atoms with E-state index in [1.54, 1.807) is 0 Å². The van der Waals surface area contributed by atoms with Crippen LogP contribution in [0.3, 0.4) is 0 Å². The molecule has 0 saturated heterocycles. The number of hydrogen-bond acceptors (Lipinski definition) is 3. The summed E-state index contributed by atoms with van der Waals surface area (Å²) in [6.45, 7) is 2.54. The van der Waals surface area contributed by atoms with Crippen molar-refractivity contribution >= 4 is 11.6 Å². The monoisotopic (exact) mass is 242 g/mol. The van der Waals surface area contributed by atoms with Gasteiger partial charge in [-0.15, -0.1) is 0 Å². The Morgan fingerprint density at radius 3 is 2.56 bits per heavy atom. The van der Waals surface area contributed by atoms with Crippen LogP contribution >= 0.6 is 11.6 Å². The summed E-state index contributed by atoms with van der Waals surface area (Å²) in [5.41, 5.74) is 6.79. The topological polar surface area (TPSA) is 49.5 Å². The second-order valence-electron chi connectivity index (χ2n) is 3.97. The minimum Gasteiger partial charge on any atom is -0.395 e. The Labute approximate surface area is 102 Å². The second kappa shape index (κ2) is 6.21. The first-order valence-electron chi connectivity index (χ1n) is 5.39. The lowest BCUT2D eigenvalue weighted by Gasteiger charge is -2.32. The summed E-state index contributed by atoms with van der Waals surface area (Å²) >= 11 is 6.14. The van der Waals surface area contributed by atoms with Gasteiger partial charge in [-0.25, -0.2) is 0 Å². The predicted molar refractivity (Wildman–Crippen MR) is 67.6 cm³/mol. The van der Waals surface area contributed by atoms with E-state index in [9.17, 15) is 0 Å². The van der Waals surface area contributed by atoms with E-state index in [1.807, 2.05) is 43.1 Å². The second-order valence-corrected chi connectivity index (χ2v) is 4.38. The molecule has 1 aromatic rings. The highest BCUT2D eigenvalue weighted by atomic mass is 35.5. The number of hydrogen-bond donors (Lipinski definition) is 2. The maximum atomic E-state index is 9.15. The van der Waals surface area contributed by atoms with Crippen LogP contribution in [0.15, 0.2) is 24.3 Å². The van der Waals surface area contributed by atoms with Crippen LogP contribution in [0.1, 0.15) is 18.5 Å². The van der Waals surface area contributed by atoms with Crippen molar-refractivity contribution in [2.24, 2.45) is 5.73 Å². The number of likely N-dealkylation sites (N-methyl/N-ethyl adjacent to an activating group) is 1. The molecule has 0 fully saturated rings. The zero-order chi connectivity index (χ0) is 12.1. The number of nitrogens with zero attached hydrogens (tertiary/aromatic N) is 1. The molecule has 4 heteroatoms. The number of aliphatic hydroxyl groups is 1. The molecule has 0 saturated carbocycles. The molecule has 3 nitrogen and oxygen atoms in total. The minimum absolute atomic E-state index is 0.0378. The third kappa shape index (κ3) is 2.95. The summed E-state index contributed by atoms with van der Waals surface area (Å²) in [6, 6.07) is 7.77. The molecule has 0 aromatic heterocycles. The van der Waals surface area contributed by atoms with E-state index in [4.69, 9.17) is 22.4 Å². The highest BCUT2D eigenvalue weighted by Crippen LogP contribution is 2.26. The molecule has 3 N–H and O–H groups in total. The molecule has 1 rings (SSSR count). The molecule has 0 aliphatic carbocycles. The molecule has 0 heterocycles. The first-order valence-corrected chi connectivity index (χ1v) is 5.76. The highest BCUT2D eigenvalue weighted by Gasteiger charge is 2.21. The lowest BCUT2D eigenvalue weighted by molar-refractivity contribution is 0.123. The van der Waals surface area contributed by atoms with Gasteiger partial charge in [-0.05, 0) is 25.6 Å². The standard InChI is InChI=1S/C12H19ClN2O/c1-9(8-16)15(2)12(7-14)10-5-3-4-6-11(10)13/h3-6,9,12,16H,7-8,14H2,1-2H3. The van der Waals surface area contributed by atoms with Crippen LogP contribution in [0.4, 0.5) is 0 Å². The predicted octanol–water partition coefficient (Wildman–Crippen LogP) is 1.65. The molecule has 0 spiro atoms. The average Bonchev–Trinajstić information content (AvgIpc) is 2.31. The van der Waals surface area contributed by atoms with Crippen LogP contribution in [0.2, 0.25) is 5.02 Å². The summed E-state index contributed by atoms with van der Waals surface area (Å²) < 4.78 is 0. The van der Waals surface area contributed by atoms with Gasteiger partial charge < -0.3 is 10.8 Å². The van der Waals surface area contributed by atoms with Crippen molar-refractivity contribution < 1.29 is 5.11 Å². The molecule has 0 amide bonds. The summed E-state index contributed by atoms with van der Waals surface area (Å²) in [7, 11) is 1.95. The van der Waals surface area contributed by atoms with Gasteiger partial charge in [-0.1, -0.05) is 29.8 Å². The Balaban J connectivity index is 2.94. The van der Waals surface area contributed by atoms with E-state index in [0.29, 0.717) is 6.54 Å². The summed E-state index contributed by atoms with van der Waals surface area (Å²) in [5, 5.41) is 9.87. The van der Waals surface area contributed by atoms with Crippen molar-refractivity contribution in [2.75, 3.05) is 20.2 Å². The number of benzene rings is 1. The molecular formula is C12H19ClN2O. The molecule has 0 aliphatic heterocycles. The molecule has 90 valence electrons. The maximum Gasteiger partial charge on any atom is 0.0584 e.